The number of benzene rings is 2. The Morgan fingerprint density at radius 1 is 1.19 bits per heavy atom. The minimum Gasteiger partial charge on any atom is -0.326 e. The maximum Gasteiger partial charge on any atom is 0.242 e. The van der Waals surface area contributed by atoms with E-state index in [-0.39, 0.29) is 24.1 Å². The molecule has 1 atom stereocenters. The van der Waals surface area contributed by atoms with Crippen LogP contribution in [0.1, 0.15) is 13.3 Å². The van der Waals surface area contributed by atoms with Crippen LogP contribution < -0.4 is 5.32 Å². The summed E-state index contributed by atoms with van der Waals surface area (Å²) in [6.45, 7) is 2.37. The molecular formula is C19H18FN3O2S. The highest BCUT2D eigenvalue weighted by molar-refractivity contribution is 8.15. The number of hydrogen-bond donors (Lipinski definition) is 1. The molecule has 0 aliphatic carbocycles. The Labute approximate surface area is 155 Å². The first-order chi connectivity index (χ1) is 12.6. The van der Waals surface area contributed by atoms with E-state index in [2.05, 4.69) is 10.3 Å². The number of nitrogens with zero attached hydrogens (tertiary/aromatic N) is 2. The summed E-state index contributed by atoms with van der Waals surface area (Å²) in [6, 6.07) is 14.9. The van der Waals surface area contributed by atoms with Crippen molar-refractivity contribution in [1.82, 2.24) is 4.90 Å². The number of hydrogen-bond acceptors (Lipinski definition) is 4. The SMILES string of the molecule is CCN1C(=O)[C@@H](CC(=O)Nc2ccc(F)cc2)SC1=Nc1ccccc1. The van der Waals surface area contributed by atoms with E-state index in [1.807, 2.05) is 37.3 Å². The van der Waals surface area contributed by atoms with Crippen LogP contribution in [0.25, 0.3) is 0 Å². The van der Waals surface area contributed by atoms with Crippen LogP contribution in [0.5, 0.6) is 0 Å². The molecule has 7 heteroatoms. The normalized spacial score (nSPS) is 18.4. The Hall–Kier alpha value is -2.67. The lowest BCUT2D eigenvalue weighted by Gasteiger charge is -2.13. The van der Waals surface area contributed by atoms with Gasteiger partial charge in [0.2, 0.25) is 11.8 Å². The van der Waals surface area contributed by atoms with Gasteiger partial charge in [0.05, 0.1) is 5.69 Å². The van der Waals surface area contributed by atoms with E-state index >= 15 is 0 Å². The second-order valence-electron chi connectivity index (χ2n) is 5.68. The summed E-state index contributed by atoms with van der Waals surface area (Å²) in [5.41, 5.74) is 1.26. The van der Waals surface area contributed by atoms with E-state index in [9.17, 15) is 14.0 Å². The lowest BCUT2D eigenvalue weighted by atomic mass is 10.2. The molecule has 2 amide bonds. The van der Waals surface area contributed by atoms with E-state index in [0.717, 1.165) is 5.69 Å². The van der Waals surface area contributed by atoms with Gasteiger partial charge in [-0.25, -0.2) is 9.38 Å². The Balaban J connectivity index is 1.68. The minimum absolute atomic E-state index is 0.0329. The van der Waals surface area contributed by atoms with E-state index in [1.165, 1.54) is 36.0 Å². The Bertz CT molecular complexity index is 824. The van der Waals surface area contributed by atoms with Crippen LogP contribution in [0.4, 0.5) is 15.8 Å². The molecule has 0 bridgehead atoms. The second kappa shape index (κ2) is 8.14. The number of carbonyl (C=O) groups excluding carboxylic acids is 2. The highest BCUT2D eigenvalue weighted by Crippen LogP contribution is 2.31. The summed E-state index contributed by atoms with van der Waals surface area (Å²) in [6.07, 6.45) is 0.0329. The first-order valence-corrected chi connectivity index (χ1v) is 9.12. The van der Waals surface area contributed by atoms with E-state index in [4.69, 9.17) is 0 Å². The number of para-hydroxylation sites is 1. The van der Waals surface area contributed by atoms with Gasteiger partial charge in [-0.15, -0.1) is 0 Å². The van der Waals surface area contributed by atoms with Crippen LogP contribution in [-0.4, -0.2) is 33.7 Å². The molecular weight excluding hydrogens is 353 g/mol. The van der Waals surface area contributed by atoms with Crippen molar-refractivity contribution in [1.29, 1.82) is 0 Å². The molecule has 1 heterocycles. The topological polar surface area (TPSA) is 61.8 Å². The van der Waals surface area contributed by atoms with E-state index in [0.29, 0.717) is 17.4 Å². The fourth-order valence-corrected chi connectivity index (χ4v) is 3.76. The van der Waals surface area contributed by atoms with Crippen molar-refractivity contribution in [2.75, 3.05) is 11.9 Å². The van der Waals surface area contributed by atoms with Crippen molar-refractivity contribution in [3.63, 3.8) is 0 Å². The lowest BCUT2D eigenvalue weighted by Crippen LogP contribution is -2.33. The summed E-state index contributed by atoms with van der Waals surface area (Å²) in [4.78, 5) is 30.9. The molecule has 1 N–H and O–H groups in total. The van der Waals surface area contributed by atoms with Gasteiger partial charge in [-0.3, -0.25) is 14.5 Å². The molecule has 1 aliphatic rings. The van der Waals surface area contributed by atoms with Crippen LogP contribution in [-0.2, 0) is 9.59 Å². The smallest absolute Gasteiger partial charge is 0.242 e. The Morgan fingerprint density at radius 3 is 2.54 bits per heavy atom. The van der Waals surface area contributed by atoms with E-state index in [1.54, 1.807) is 4.90 Å². The third kappa shape index (κ3) is 4.29. The van der Waals surface area contributed by atoms with Crippen molar-refractivity contribution in [3.05, 3.63) is 60.4 Å². The van der Waals surface area contributed by atoms with Gasteiger partial charge >= 0.3 is 0 Å². The molecule has 1 saturated heterocycles. The fourth-order valence-electron chi connectivity index (χ4n) is 2.54. The highest BCUT2D eigenvalue weighted by Gasteiger charge is 2.38. The van der Waals surface area contributed by atoms with Crippen molar-refractivity contribution in [2.24, 2.45) is 4.99 Å². The zero-order chi connectivity index (χ0) is 18.5. The minimum atomic E-state index is -0.516. The largest absolute Gasteiger partial charge is 0.326 e. The molecule has 0 spiro atoms. The van der Waals surface area contributed by atoms with Gasteiger partial charge in [-0.1, -0.05) is 30.0 Å². The third-order valence-electron chi connectivity index (χ3n) is 3.82. The number of rotatable bonds is 5. The summed E-state index contributed by atoms with van der Waals surface area (Å²) in [5, 5.41) is 2.77. The van der Waals surface area contributed by atoms with Gasteiger partial charge in [0, 0.05) is 18.7 Å². The molecule has 134 valence electrons. The summed E-state index contributed by atoms with van der Waals surface area (Å²) in [5.74, 6) is -0.786. The number of halogens is 1. The van der Waals surface area contributed by atoms with Gasteiger partial charge in [-0.2, -0.15) is 0 Å². The number of anilines is 1. The van der Waals surface area contributed by atoms with Crippen LogP contribution in [0, 0.1) is 5.82 Å². The number of amides is 2. The molecule has 3 rings (SSSR count). The van der Waals surface area contributed by atoms with Gasteiger partial charge in [0.15, 0.2) is 5.17 Å². The quantitative estimate of drug-likeness (QED) is 0.869. The average molecular weight is 371 g/mol. The van der Waals surface area contributed by atoms with Crippen molar-refractivity contribution < 1.29 is 14.0 Å². The first-order valence-electron chi connectivity index (χ1n) is 8.24. The molecule has 0 radical (unpaired) electrons. The summed E-state index contributed by atoms with van der Waals surface area (Å²) >= 11 is 1.29. The number of carbonyl (C=O) groups is 2. The number of amidine groups is 1. The molecule has 1 fully saturated rings. The van der Waals surface area contributed by atoms with Gasteiger partial charge < -0.3 is 5.32 Å². The molecule has 26 heavy (non-hydrogen) atoms. The molecule has 0 saturated carbocycles. The van der Waals surface area contributed by atoms with Crippen LogP contribution in [0.3, 0.4) is 0 Å². The number of thioether (sulfide) groups is 1. The molecule has 1 aliphatic heterocycles. The standard InChI is InChI=1S/C19H18FN3O2S/c1-2-23-18(25)16(26-19(23)22-14-6-4-3-5-7-14)12-17(24)21-15-10-8-13(20)9-11-15/h3-11,16H,2,12H2,1H3,(H,21,24)/t16-/m1/s1. The highest BCUT2D eigenvalue weighted by atomic mass is 32.2. The second-order valence-corrected chi connectivity index (χ2v) is 6.85. The monoisotopic (exact) mass is 371 g/mol. The Kier molecular flexibility index (Phi) is 5.68. The van der Waals surface area contributed by atoms with Crippen molar-refractivity contribution in [3.8, 4) is 0 Å². The number of aliphatic imine (C=N–C) groups is 1. The Morgan fingerprint density at radius 2 is 1.88 bits per heavy atom. The van der Waals surface area contributed by atoms with Crippen LogP contribution in [0.2, 0.25) is 0 Å². The molecule has 2 aromatic carbocycles. The van der Waals surface area contributed by atoms with Crippen molar-refractivity contribution in [2.45, 2.75) is 18.6 Å². The predicted octanol–water partition coefficient (Wildman–Crippen LogP) is 3.81. The molecule has 2 aromatic rings. The maximum absolute atomic E-state index is 12.9. The van der Waals surface area contributed by atoms with E-state index < -0.39 is 5.25 Å². The fraction of sp³-hybridized carbons (Fsp3) is 0.211. The van der Waals surface area contributed by atoms with Crippen LogP contribution in [0.15, 0.2) is 59.6 Å². The van der Waals surface area contributed by atoms with Gasteiger partial charge in [0.25, 0.3) is 0 Å². The molecule has 0 unspecified atom stereocenters. The zero-order valence-electron chi connectivity index (χ0n) is 14.2. The zero-order valence-corrected chi connectivity index (χ0v) is 15.0. The summed E-state index contributed by atoms with van der Waals surface area (Å²) < 4.78 is 12.9. The van der Waals surface area contributed by atoms with Crippen LogP contribution >= 0.6 is 11.8 Å². The molecule has 0 aromatic heterocycles. The number of nitrogens with one attached hydrogen (secondary N) is 1. The third-order valence-corrected chi connectivity index (χ3v) is 4.99. The maximum atomic E-state index is 12.9. The average Bonchev–Trinajstić information content (AvgIpc) is 2.92. The van der Waals surface area contributed by atoms with Gasteiger partial charge in [0.1, 0.15) is 11.1 Å². The summed E-state index contributed by atoms with van der Waals surface area (Å²) in [7, 11) is 0. The first kappa shape index (κ1) is 18.1. The lowest BCUT2D eigenvalue weighted by molar-refractivity contribution is -0.128. The van der Waals surface area contributed by atoms with Gasteiger partial charge in [-0.05, 0) is 43.3 Å². The predicted molar refractivity (Wildman–Crippen MR) is 102 cm³/mol. The van der Waals surface area contributed by atoms with Crippen molar-refractivity contribution >= 4 is 40.1 Å². The molecule has 5 nitrogen and oxygen atoms in total.